The molecule has 0 aromatic carbocycles. The molecule has 1 atom stereocenters. The lowest BCUT2D eigenvalue weighted by atomic mass is 10.0. The molecule has 0 radical (unpaired) electrons. The molecule has 0 N–H and O–H groups in total. The van der Waals surface area contributed by atoms with E-state index in [0.29, 0.717) is 13.0 Å². The number of aromatic nitrogens is 1. The lowest BCUT2D eigenvalue weighted by molar-refractivity contribution is -0.145. The van der Waals surface area contributed by atoms with Gasteiger partial charge >= 0.3 is 5.97 Å². The van der Waals surface area contributed by atoms with Gasteiger partial charge in [0.25, 0.3) is 0 Å². The van der Waals surface area contributed by atoms with Gasteiger partial charge < -0.3 is 4.74 Å². The number of hydrogen-bond donors (Lipinski definition) is 0. The summed E-state index contributed by atoms with van der Waals surface area (Å²) in [4.78, 5) is 16.3. The molecule has 0 bridgehead atoms. The standard InChI is InChI=1S/C14H18BrNO2/c1-3-5-6-8-11(14(17)18-4-2)12-9-7-10-13(15)16-12/h5-7,9-11H,3-4,8H2,1-2H3. The summed E-state index contributed by atoms with van der Waals surface area (Å²) in [6, 6.07) is 5.57. The maximum Gasteiger partial charge on any atom is 0.315 e. The highest BCUT2D eigenvalue weighted by Crippen LogP contribution is 2.22. The lowest BCUT2D eigenvalue weighted by Gasteiger charge is -2.13. The predicted octanol–water partition coefficient (Wildman–Crippen LogP) is 3.85. The molecule has 0 saturated heterocycles. The summed E-state index contributed by atoms with van der Waals surface area (Å²) in [5.41, 5.74) is 0.739. The third kappa shape index (κ3) is 4.61. The number of carbonyl (C=O) groups excluding carboxylic acids is 1. The fourth-order valence-corrected chi connectivity index (χ4v) is 1.95. The topological polar surface area (TPSA) is 39.2 Å². The Morgan fingerprint density at radius 3 is 2.83 bits per heavy atom. The highest BCUT2D eigenvalue weighted by molar-refractivity contribution is 9.10. The van der Waals surface area contributed by atoms with E-state index in [1.165, 1.54) is 0 Å². The van der Waals surface area contributed by atoms with Gasteiger partial charge in [0, 0.05) is 0 Å². The average molecular weight is 312 g/mol. The molecule has 3 nitrogen and oxygen atoms in total. The van der Waals surface area contributed by atoms with Crippen molar-refractivity contribution >= 4 is 21.9 Å². The first kappa shape index (κ1) is 14.9. The summed E-state index contributed by atoms with van der Waals surface area (Å²) in [6.07, 6.45) is 5.63. The van der Waals surface area contributed by atoms with Crippen LogP contribution < -0.4 is 0 Å². The van der Waals surface area contributed by atoms with E-state index in [2.05, 4.69) is 27.8 Å². The minimum absolute atomic E-state index is 0.219. The van der Waals surface area contributed by atoms with E-state index in [0.717, 1.165) is 16.7 Å². The highest BCUT2D eigenvalue weighted by Gasteiger charge is 2.22. The van der Waals surface area contributed by atoms with Crippen molar-refractivity contribution < 1.29 is 9.53 Å². The van der Waals surface area contributed by atoms with E-state index < -0.39 is 0 Å². The molecule has 1 rings (SSSR count). The first-order chi connectivity index (χ1) is 8.69. The van der Waals surface area contributed by atoms with Crippen molar-refractivity contribution in [1.82, 2.24) is 4.98 Å². The number of halogens is 1. The van der Waals surface area contributed by atoms with Crippen LogP contribution in [0.15, 0.2) is 35.0 Å². The first-order valence-electron chi connectivity index (χ1n) is 6.13. The summed E-state index contributed by atoms with van der Waals surface area (Å²) in [7, 11) is 0. The first-order valence-corrected chi connectivity index (χ1v) is 6.92. The van der Waals surface area contributed by atoms with Crippen LogP contribution in [0.4, 0.5) is 0 Å². The third-order valence-electron chi connectivity index (χ3n) is 2.44. The van der Waals surface area contributed by atoms with Crippen LogP contribution in [-0.4, -0.2) is 17.6 Å². The van der Waals surface area contributed by atoms with Gasteiger partial charge in [0.1, 0.15) is 10.5 Å². The van der Waals surface area contributed by atoms with Crippen molar-refractivity contribution in [2.24, 2.45) is 0 Å². The lowest BCUT2D eigenvalue weighted by Crippen LogP contribution is -2.16. The van der Waals surface area contributed by atoms with Gasteiger partial charge in [-0.2, -0.15) is 0 Å². The SMILES string of the molecule is CCC=CCC(C(=O)OCC)c1cccc(Br)n1. The van der Waals surface area contributed by atoms with Crippen LogP contribution in [0.1, 0.15) is 38.3 Å². The Morgan fingerprint density at radius 2 is 2.22 bits per heavy atom. The molecule has 0 spiro atoms. The van der Waals surface area contributed by atoms with Gasteiger partial charge in [-0.1, -0.05) is 25.1 Å². The molecule has 18 heavy (non-hydrogen) atoms. The highest BCUT2D eigenvalue weighted by atomic mass is 79.9. The second kappa shape index (κ2) is 8.03. The molecule has 98 valence electrons. The van der Waals surface area contributed by atoms with E-state index in [1.807, 2.05) is 37.3 Å². The largest absolute Gasteiger partial charge is 0.465 e. The fourth-order valence-electron chi connectivity index (χ4n) is 1.60. The second-order valence-electron chi connectivity index (χ2n) is 3.81. The predicted molar refractivity (Wildman–Crippen MR) is 75.4 cm³/mol. The number of carbonyl (C=O) groups is 1. The summed E-state index contributed by atoms with van der Waals surface area (Å²) < 4.78 is 5.83. The maximum absolute atomic E-state index is 11.9. The van der Waals surface area contributed by atoms with Gasteiger partial charge in [-0.05, 0) is 47.8 Å². The van der Waals surface area contributed by atoms with Crippen molar-refractivity contribution in [1.29, 1.82) is 0 Å². The Balaban J connectivity index is 2.88. The zero-order valence-electron chi connectivity index (χ0n) is 10.7. The molecular weight excluding hydrogens is 294 g/mol. The second-order valence-corrected chi connectivity index (χ2v) is 4.62. The van der Waals surface area contributed by atoms with Crippen LogP contribution in [0.3, 0.4) is 0 Å². The zero-order valence-corrected chi connectivity index (χ0v) is 12.3. The molecule has 1 unspecified atom stereocenters. The summed E-state index contributed by atoms with van der Waals surface area (Å²) in [6.45, 7) is 4.26. The van der Waals surface area contributed by atoms with Crippen molar-refractivity contribution in [2.45, 2.75) is 32.6 Å². The van der Waals surface area contributed by atoms with E-state index in [4.69, 9.17) is 4.74 Å². The molecule has 4 heteroatoms. The number of rotatable bonds is 6. The number of hydrogen-bond acceptors (Lipinski definition) is 3. The summed E-state index contributed by atoms with van der Waals surface area (Å²) >= 11 is 3.32. The molecule has 0 aliphatic rings. The summed E-state index contributed by atoms with van der Waals surface area (Å²) in [5, 5.41) is 0. The van der Waals surface area contributed by atoms with Gasteiger partial charge in [0.2, 0.25) is 0 Å². The van der Waals surface area contributed by atoms with Crippen LogP contribution >= 0.6 is 15.9 Å². The van der Waals surface area contributed by atoms with Gasteiger partial charge in [-0.15, -0.1) is 0 Å². The number of allylic oxidation sites excluding steroid dienone is 2. The number of ether oxygens (including phenoxy) is 1. The number of esters is 1. The van der Waals surface area contributed by atoms with Gasteiger partial charge in [-0.3, -0.25) is 4.79 Å². The Bertz CT molecular complexity index is 418. The third-order valence-corrected chi connectivity index (χ3v) is 2.88. The Morgan fingerprint density at radius 1 is 1.44 bits per heavy atom. The average Bonchev–Trinajstić information content (AvgIpc) is 2.35. The van der Waals surface area contributed by atoms with E-state index in [-0.39, 0.29) is 11.9 Å². The van der Waals surface area contributed by atoms with Crippen LogP contribution in [0, 0.1) is 0 Å². The molecule has 0 saturated carbocycles. The summed E-state index contributed by atoms with van der Waals surface area (Å²) in [5.74, 6) is -0.547. The van der Waals surface area contributed by atoms with Crippen molar-refractivity contribution in [3.05, 3.63) is 40.6 Å². The molecule has 0 fully saturated rings. The smallest absolute Gasteiger partial charge is 0.315 e. The van der Waals surface area contributed by atoms with Crippen LogP contribution in [0.5, 0.6) is 0 Å². The quantitative estimate of drug-likeness (QED) is 0.455. The van der Waals surface area contributed by atoms with E-state index >= 15 is 0 Å². The van der Waals surface area contributed by atoms with E-state index in [9.17, 15) is 4.79 Å². The van der Waals surface area contributed by atoms with Crippen molar-refractivity contribution in [2.75, 3.05) is 6.61 Å². The molecule has 1 heterocycles. The monoisotopic (exact) mass is 311 g/mol. The van der Waals surface area contributed by atoms with Gasteiger partial charge in [-0.25, -0.2) is 4.98 Å². The van der Waals surface area contributed by atoms with Crippen molar-refractivity contribution in [3.8, 4) is 0 Å². The van der Waals surface area contributed by atoms with Crippen LogP contribution in [0.2, 0.25) is 0 Å². The number of nitrogens with zero attached hydrogens (tertiary/aromatic N) is 1. The minimum Gasteiger partial charge on any atom is -0.465 e. The Labute approximate surface area is 116 Å². The fraction of sp³-hybridized carbons (Fsp3) is 0.429. The Kier molecular flexibility index (Phi) is 6.65. The van der Waals surface area contributed by atoms with Gasteiger partial charge in [0.15, 0.2) is 0 Å². The maximum atomic E-state index is 11.9. The van der Waals surface area contributed by atoms with Gasteiger partial charge in [0.05, 0.1) is 12.3 Å². The van der Waals surface area contributed by atoms with Crippen molar-refractivity contribution in [3.63, 3.8) is 0 Å². The molecule has 0 aliphatic heterocycles. The molecule has 1 aromatic rings. The normalized spacial score (nSPS) is 12.6. The Hall–Kier alpha value is -1.16. The van der Waals surface area contributed by atoms with Crippen LogP contribution in [0.25, 0.3) is 0 Å². The zero-order chi connectivity index (χ0) is 13.4. The van der Waals surface area contributed by atoms with Crippen LogP contribution in [-0.2, 0) is 9.53 Å². The molecular formula is C14H18BrNO2. The molecule has 0 aliphatic carbocycles. The molecule has 0 amide bonds. The van der Waals surface area contributed by atoms with E-state index in [1.54, 1.807) is 0 Å². The molecule has 1 aromatic heterocycles. The number of pyridine rings is 1. The minimum atomic E-state index is -0.328.